The molecule has 4 heteroatoms. The number of amides is 1. The van der Waals surface area contributed by atoms with Gasteiger partial charge in [0.05, 0.1) is 0 Å². The normalized spacial score (nSPS) is 24.9. The molecular formula is C18H35ClN2O. The number of halogens is 1. The Morgan fingerprint density at radius 3 is 2.50 bits per heavy atom. The molecular weight excluding hydrogens is 296 g/mol. The molecule has 22 heavy (non-hydrogen) atoms. The van der Waals surface area contributed by atoms with Gasteiger partial charge < -0.3 is 10.2 Å². The van der Waals surface area contributed by atoms with E-state index in [0.717, 1.165) is 50.4 Å². The van der Waals surface area contributed by atoms with E-state index in [1.807, 2.05) is 0 Å². The van der Waals surface area contributed by atoms with E-state index < -0.39 is 0 Å². The average Bonchev–Trinajstić information content (AvgIpc) is 2.47. The molecule has 130 valence electrons. The Kier molecular flexibility index (Phi) is 8.78. The third-order valence-corrected chi connectivity index (χ3v) is 5.36. The van der Waals surface area contributed by atoms with Crippen molar-refractivity contribution < 1.29 is 4.79 Å². The van der Waals surface area contributed by atoms with Crippen molar-refractivity contribution in [2.24, 2.45) is 23.7 Å². The Balaban J connectivity index is 0.00000242. The highest BCUT2D eigenvalue weighted by Gasteiger charge is 2.27. The van der Waals surface area contributed by atoms with Crippen molar-refractivity contribution in [2.75, 3.05) is 26.2 Å². The summed E-state index contributed by atoms with van der Waals surface area (Å²) in [5.74, 6) is 3.18. The minimum absolute atomic E-state index is 0. The number of likely N-dealkylation sites (tertiary alicyclic amines) is 1. The van der Waals surface area contributed by atoms with Crippen LogP contribution in [0.15, 0.2) is 0 Å². The van der Waals surface area contributed by atoms with Crippen molar-refractivity contribution in [3.8, 4) is 0 Å². The maximum Gasteiger partial charge on any atom is 0.222 e. The lowest BCUT2D eigenvalue weighted by Crippen LogP contribution is -2.41. The van der Waals surface area contributed by atoms with Crippen molar-refractivity contribution >= 4 is 18.3 Å². The minimum atomic E-state index is 0. The van der Waals surface area contributed by atoms with E-state index >= 15 is 0 Å². The summed E-state index contributed by atoms with van der Waals surface area (Å²) in [6.07, 6.45) is 7.03. The van der Waals surface area contributed by atoms with Crippen LogP contribution in [0.4, 0.5) is 0 Å². The molecule has 2 aliphatic rings. The summed E-state index contributed by atoms with van der Waals surface area (Å²) in [6.45, 7) is 11.1. The second kappa shape index (κ2) is 9.77. The van der Waals surface area contributed by atoms with Crippen molar-refractivity contribution in [2.45, 2.75) is 59.3 Å². The van der Waals surface area contributed by atoms with Gasteiger partial charge in [0.15, 0.2) is 0 Å². The fraction of sp³-hybridized carbons (Fsp3) is 0.944. The van der Waals surface area contributed by atoms with Gasteiger partial charge in [-0.25, -0.2) is 0 Å². The first-order chi connectivity index (χ1) is 10.1. The molecule has 2 aliphatic heterocycles. The summed E-state index contributed by atoms with van der Waals surface area (Å²) in [5.41, 5.74) is 0. The van der Waals surface area contributed by atoms with Gasteiger partial charge in [-0.3, -0.25) is 4.79 Å². The number of piperidine rings is 2. The van der Waals surface area contributed by atoms with Gasteiger partial charge >= 0.3 is 0 Å². The van der Waals surface area contributed by atoms with Crippen LogP contribution in [-0.4, -0.2) is 37.0 Å². The zero-order chi connectivity index (χ0) is 15.2. The number of carbonyl (C=O) groups excluding carboxylic acids is 1. The minimum Gasteiger partial charge on any atom is -0.342 e. The van der Waals surface area contributed by atoms with Crippen LogP contribution in [0.1, 0.15) is 59.3 Å². The molecule has 0 aromatic rings. The summed E-state index contributed by atoms with van der Waals surface area (Å²) in [6, 6.07) is 0. The van der Waals surface area contributed by atoms with Crippen LogP contribution in [0, 0.1) is 23.7 Å². The monoisotopic (exact) mass is 330 g/mol. The Morgan fingerprint density at radius 2 is 1.86 bits per heavy atom. The number of nitrogens with zero attached hydrogens (tertiary/aromatic N) is 1. The SMILES string of the molecule is CC(C)CC1CCCN(C(=O)CC(C)C2CCNCC2)C1.Cl. The largest absolute Gasteiger partial charge is 0.342 e. The smallest absolute Gasteiger partial charge is 0.222 e. The van der Waals surface area contributed by atoms with E-state index in [1.54, 1.807) is 0 Å². The van der Waals surface area contributed by atoms with Crippen molar-refractivity contribution in [3.63, 3.8) is 0 Å². The molecule has 0 aromatic heterocycles. The van der Waals surface area contributed by atoms with Crippen LogP contribution in [0.2, 0.25) is 0 Å². The van der Waals surface area contributed by atoms with Crippen LogP contribution in [0.5, 0.6) is 0 Å². The molecule has 2 atom stereocenters. The topological polar surface area (TPSA) is 32.3 Å². The number of nitrogens with one attached hydrogen (secondary N) is 1. The summed E-state index contributed by atoms with van der Waals surface area (Å²) >= 11 is 0. The van der Waals surface area contributed by atoms with E-state index in [2.05, 4.69) is 31.0 Å². The summed E-state index contributed by atoms with van der Waals surface area (Å²) in [4.78, 5) is 14.8. The summed E-state index contributed by atoms with van der Waals surface area (Å²) in [5, 5.41) is 3.41. The van der Waals surface area contributed by atoms with E-state index in [-0.39, 0.29) is 12.4 Å². The molecule has 2 unspecified atom stereocenters. The van der Waals surface area contributed by atoms with Crippen LogP contribution in [-0.2, 0) is 4.79 Å². The molecule has 2 fully saturated rings. The van der Waals surface area contributed by atoms with E-state index in [1.165, 1.54) is 32.1 Å². The van der Waals surface area contributed by atoms with Crippen LogP contribution in [0.25, 0.3) is 0 Å². The number of carbonyl (C=O) groups is 1. The van der Waals surface area contributed by atoms with Gasteiger partial charge in [-0.1, -0.05) is 20.8 Å². The van der Waals surface area contributed by atoms with E-state index in [9.17, 15) is 4.79 Å². The molecule has 0 bridgehead atoms. The van der Waals surface area contributed by atoms with Gasteiger partial charge in [-0.05, 0) is 68.9 Å². The first-order valence-electron chi connectivity index (χ1n) is 9.04. The predicted octanol–water partition coefficient (Wildman–Crippen LogP) is 3.72. The molecule has 0 radical (unpaired) electrons. The Bertz CT molecular complexity index is 329. The Hall–Kier alpha value is -0.280. The van der Waals surface area contributed by atoms with E-state index in [0.29, 0.717) is 11.8 Å². The molecule has 0 aliphatic carbocycles. The molecule has 2 heterocycles. The third-order valence-electron chi connectivity index (χ3n) is 5.36. The lowest BCUT2D eigenvalue weighted by molar-refractivity contribution is -0.134. The first-order valence-corrected chi connectivity index (χ1v) is 9.04. The maximum absolute atomic E-state index is 12.6. The number of hydrogen-bond acceptors (Lipinski definition) is 2. The van der Waals surface area contributed by atoms with E-state index in [4.69, 9.17) is 0 Å². The molecule has 2 saturated heterocycles. The highest BCUT2D eigenvalue weighted by atomic mass is 35.5. The average molecular weight is 331 g/mol. The van der Waals surface area contributed by atoms with Crippen molar-refractivity contribution in [3.05, 3.63) is 0 Å². The highest BCUT2D eigenvalue weighted by Crippen LogP contribution is 2.27. The van der Waals surface area contributed by atoms with Gasteiger partial charge in [0, 0.05) is 19.5 Å². The zero-order valence-electron chi connectivity index (χ0n) is 14.6. The molecule has 0 spiro atoms. The molecule has 1 amide bonds. The van der Waals surface area contributed by atoms with Crippen molar-refractivity contribution in [1.82, 2.24) is 10.2 Å². The van der Waals surface area contributed by atoms with Crippen molar-refractivity contribution in [1.29, 1.82) is 0 Å². The zero-order valence-corrected chi connectivity index (χ0v) is 15.5. The number of rotatable bonds is 5. The van der Waals surface area contributed by atoms with Gasteiger partial charge in [0.25, 0.3) is 0 Å². The standard InChI is InChI=1S/C18H34N2O.ClH/c1-14(2)11-16-5-4-10-20(13-16)18(21)12-15(3)17-6-8-19-9-7-17;/h14-17,19H,4-13H2,1-3H3;1H. The lowest BCUT2D eigenvalue weighted by Gasteiger charge is -2.35. The van der Waals surface area contributed by atoms with Gasteiger partial charge in [0.2, 0.25) is 5.91 Å². The molecule has 1 N–H and O–H groups in total. The second-order valence-corrected chi connectivity index (χ2v) is 7.75. The highest BCUT2D eigenvalue weighted by molar-refractivity contribution is 5.85. The molecule has 0 aromatic carbocycles. The fourth-order valence-corrected chi connectivity index (χ4v) is 4.14. The molecule has 0 saturated carbocycles. The maximum atomic E-state index is 12.6. The van der Waals surface area contributed by atoms with Crippen LogP contribution in [0.3, 0.4) is 0 Å². The van der Waals surface area contributed by atoms with Crippen LogP contribution < -0.4 is 5.32 Å². The number of hydrogen-bond donors (Lipinski definition) is 1. The summed E-state index contributed by atoms with van der Waals surface area (Å²) in [7, 11) is 0. The first kappa shape index (κ1) is 19.8. The third kappa shape index (κ3) is 6.08. The van der Waals surface area contributed by atoms with Crippen LogP contribution >= 0.6 is 12.4 Å². The summed E-state index contributed by atoms with van der Waals surface area (Å²) < 4.78 is 0. The fourth-order valence-electron chi connectivity index (χ4n) is 4.14. The lowest BCUT2D eigenvalue weighted by atomic mass is 9.83. The predicted molar refractivity (Wildman–Crippen MR) is 95.4 cm³/mol. The Labute approximate surface area is 143 Å². The quantitative estimate of drug-likeness (QED) is 0.833. The Morgan fingerprint density at radius 1 is 1.18 bits per heavy atom. The second-order valence-electron chi connectivity index (χ2n) is 7.75. The van der Waals surface area contributed by atoms with Gasteiger partial charge in [-0.2, -0.15) is 0 Å². The molecule has 3 nitrogen and oxygen atoms in total. The van der Waals surface area contributed by atoms with Gasteiger partial charge in [0.1, 0.15) is 0 Å². The van der Waals surface area contributed by atoms with Gasteiger partial charge in [-0.15, -0.1) is 12.4 Å². The molecule has 2 rings (SSSR count).